The van der Waals surface area contributed by atoms with Crippen molar-refractivity contribution in [1.82, 2.24) is 0 Å². The lowest BCUT2D eigenvalue weighted by Gasteiger charge is -2.14. The maximum Gasteiger partial charge on any atom is 0.165 e. The van der Waals surface area contributed by atoms with Crippen LogP contribution in [0.25, 0.3) is 0 Å². The van der Waals surface area contributed by atoms with Gasteiger partial charge in [0.1, 0.15) is 5.75 Å². The molecular weight excluding hydrogens is 320 g/mol. The predicted octanol–water partition coefficient (Wildman–Crippen LogP) is 5.98. The predicted molar refractivity (Wildman–Crippen MR) is 92.3 cm³/mol. The van der Waals surface area contributed by atoms with Crippen LogP contribution in [-0.4, -0.2) is 0 Å². The summed E-state index contributed by atoms with van der Waals surface area (Å²) >= 11 is 0. The second kappa shape index (κ2) is 6.68. The van der Waals surface area contributed by atoms with E-state index in [-0.39, 0.29) is 23.0 Å². The van der Waals surface area contributed by atoms with Crippen LogP contribution in [0.5, 0.6) is 11.5 Å². The van der Waals surface area contributed by atoms with Gasteiger partial charge in [0.25, 0.3) is 0 Å². The summed E-state index contributed by atoms with van der Waals surface area (Å²) in [4.78, 5) is 0. The SMILES string of the molecule is CC1(C)C(C=CF)C1C(C#N)c1ccc(F)c(Oc2ccccc2)c1. The fourth-order valence-electron chi connectivity index (χ4n) is 3.57. The summed E-state index contributed by atoms with van der Waals surface area (Å²) in [5.74, 6) is -0.350. The number of hydrogen-bond donors (Lipinski definition) is 0. The molecule has 1 aliphatic rings. The highest BCUT2D eigenvalue weighted by Gasteiger charge is 2.60. The van der Waals surface area contributed by atoms with Crippen LogP contribution in [0.3, 0.4) is 0 Å². The van der Waals surface area contributed by atoms with E-state index < -0.39 is 11.7 Å². The molecule has 1 saturated carbocycles. The Morgan fingerprint density at radius 2 is 1.92 bits per heavy atom. The number of para-hydroxylation sites is 1. The first-order valence-corrected chi connectivity index (χ1v) is 8.18. The van der Waals surface area contributed by atoms with Crippen molar-refractivity contribution >= 4 is 0 Å². The van der Waals surface area contributed by atoms with Crippen LogP contribution in [0.2, 0.25) is 0 Å². The summed E-state index contributed by atoms with van der Waals surface area (Å²) in [5, 5.41) is 9.66. The lowest BCUT2D eigenvalue weighted by Crippen LogP contribution is -2.04. The van der Waals surface area contributed by atoms with Gasteiger partial charge in [-0.25, -0.2) is 8.78 Å². The van der Waals surface area contributed by atoms with Crippen molar-refractivity contribution < 1.29 is 13.5 Å². The van der Waals surface area contributed by atoms with Crippen molar-refractivity contribution in [2.75, 3.05) is 0 Å². The van der Waals surface area contributed by atoms with E-state index in [1.165, 1.54) is 12.1 Å². The number of ether oxygens (including phenoxy) is 1. The standard InChI is InChI=1S/C21H19F2NO/c1-21(2)17(10-11-22)20(21)16(13-24)14-8-9-18(23)19(12-14)25-15-6-4-3-5-7-15/h3-12,16-17,20H,1-2H3. The molecule has 0 heterocycles. The van der Waals surface area contributed by atoms with E-state index in [9.17, 15) is 14.0 Å². The average Bonchev–Trinajstić information content (AvgIpc) is 3.13. The number of nitrogens with zero attached hydrogens (tertiary/aromatic N) is 1. The summed E-state index contributed by atoms with van der Waals surface area (Å²) in [6.45, 7) is 4.02. The van der Waals surface area contributed by atoms with E-state index in [1.807, 2.05) is 19.9 Å². The van der Waals surface area contributed by atoms with Crippen LogP contribution >= 0.6 is 0 Å². The highest BCUT2D eigenvalue weighted by atomic mass is 19.1. The Morgan fingerprint density at radius 1 is 1.20 bits per heavy atom. The van der Waals surface area contributed by atoms with Crippen LogP contribution < -0.4 is 4.74 Å². The lowest BCUT2D eigenvalue weighted by molar-refractivity contribution is 0.440. The smallest absolute Gasteiger partial charge is 0.165 e. The molecule has 2 nitrogen and oxygen atoms in total. The van der Waals surface area contributed by atoms with Crippen LogP contribution in [0.15, 0.2) is 60.9 Å². The summed E-state index contributed by atoms with van der Waals surface area (Å²) < 4.78 is 32.3. The molecule has 3 atom stereocenters. The number of rotatable bonds is 5. The molecule has 2 aromatic carbocycles. The summed E-state index contributed by atoms with van der Waals surface area (Å²) in [6.07, 6.45) is 2.04. The topological polar surface area (TPSA) is 33.0 Å². The molecule has 0 radical (unpaired) electrons. The zero-order valence-corrected chi connectivity index (χ0v) is 14.1. The highest BCUT2D eigenvalue weighted by molar-refractivity contribution is 5.40. The first kappa shape index (κ1) is 17.2. The largest absolute Gasteiger partial charge is 0.454 e. The maximum atomic E-state index is 14.1. The van der Waals surface area contributed by atoms with Gasteiger partial charge in [-0.05, 0) is 47.1 Å². The fourth-order valence-corrected chi connectivity index (χ4v) is 3.57. The van der Waals surface area contributed by atoms with Gasteiger partial charge in [-0.1, -0.05) is 44.2 Å². The van der Waals surface area contributed by atoms with Gasteiger partial charge in [0.15, 0.2) is 11.6 Å². The van der Waals surface area contributed by atoms with E-state index in [0.29, 0.717) is 17.6 Å². The van der Waals surface area contributed by atoms with Gasteiger partial charge in [0, 0.05) is 0 Å². The zero-order chi connectivity index (χ0) is 18.0. The minimum atomic E-state index is -0.487. The first-order valence-electron chi connectivity index (χ1n) is 8.18. The van der Waals surface area contributed by atoms with Gasteiger partial charge >= 0.3 is 0 Å². The second-order valence-electron chi connectivity index (χ2n) is 6.90. The number of halogens is 2. The minimum Gasteiger partial charge on any atom is -0.454 e. The van der Waals surface area contributed by atoms with Gasteiger partial charge in [0.05, 0.1) is 18.3 Å². The molecule has 3 rings (SSSR count). The Kier molecular flexibility index (Phi) is 4.59. The Labute approximate surface area is 146 Å². The van der Waals surface area contributed by atoms with Crippen molar-refractivity contribution in [2.45, 2.75) is 19.8 Å². The van der Waals surface area contributed by atoms with Gasteiger partial charge in [0.2, 0.25) is 0 Å². The van der Waals surface area contributed by atoms with Gasteiger partial charge in [-0.3, -0.25) is 0 Å². The van der Waals surface area contributed by atoms with E-state index in [1.54, 1.807) is 36.4 Å². The highest BCUT2D eigenvalue weighted by Crippen LogP contribution is 2.64. The van der Waals surface area contributed by atoms with Crippen molar-refractivity contribution in [3.63, 3.8) is 0 Å². The van der Waals surface area contributed by atoms with E-state index in [4.69, 9.17) is 4.74 Å². The number of nitriles is 1. The van der Waals surface area contributed by atoms with Crippen molar-refractivity contribution in [3.8, 4) is 17.6 Å². The van der Waals surface area contributed by atoms with Crippen molar-refractivity contribution in [1.29, 1.82) is 5.26 Å². The monoisotopic (exact) mass is 339 g/mol. The average molecular weight is 339 g/mol. The molecule has 128 valence electrons. The quantitative estimate of drug-likeness (QED) is 0.671. The van der Waals surface area contributed by atoms with Gasteiger partial charge in [-0.15, -0.1) is 0 Å². The van der Waals surface area contributed by atoms with Crippen LogP contribution in [0, 0.1) is 34.4 Å². The Bertz CT molecular complexity index is 824. The molecule has 0 amide bonds. The second-order valence-corrected chi connectivity index (χ2v) is 6.90. The Balaban J connectivity index is 1.90. The molecule has 0 aliphatic heterocycles. The number of benzene rings is 2. The van der Waals surface area contributed by atoms with Crippen molar-refractivity contribution in [3.05, 3.63) is 72.3 Å². The third-order valence-corrected chi connectivity index (χ3v) is 5.06. The summed E-state index contributed by atoms with van der Waals surface area (Å²) in [7, 11) is 0. The van der Waals surface area contributed by atoms with E-state index in [0.717, 1.165) is 0 Å². The van der Waals surface area contributed by atoms with Crippen LogP contribution in [-0.2, 0) is 0 Å². The van der Waals surface area contributed by atoms with Crippen LogP contribution in [0.1, 0.15) is 25.3 Å². The Morgan fingerprint density at radius 3 is 2.56 bits per heavy atom. The van der Waals surface area contributed by atoms with E-state index >= 15 is 0 Å². The Hall–Kier alpha value is -2.67. The number of hydrogen-bond acceptors (Lipinski definition) is 2. The first-order chi connectivity index (χ1) is 12.0. The normalized spacial score (nSPS) is 22.4. The van der Waals surface area contributed by atoms with Gasteiger partial charge < -0.3 is 4.74 Å². The van der Waals surface area contributed by atoms with E-state index in [2.05, 4.69) is 6.07 Å². The molecule has 1 aliphatic carbocycles. The summed E-state index contributed by atoms with van der Waals surface area (Å²) in [5.41, 5.74) is 0.514. The molecule has 4 heteroatoms. The minimum absolute atomic E-state index is 0.00862. The molecule has 0 saturated heterocycles. The third kappa shape index (κ3) is 3.28. The third-order valence-electron chi connectivity index (χ3n) is 5.06. The molecule has 0 bridgehead atoms. The molecule has 3 unspecified atom stereocenters. The molecule has 0 N–H and O–H groups in total. The molecule has 2 aromatic rings. The molecule has 0 spiro atoms. The molecular formula is C21H19F2NO. The molecule has 0 aromatic heterocycles. The zero-order valence-electron chi connectivity index (χ0n) is 14.1. The molecule has 25 heavy (non-hydrogen) atoms. The number of allylic oxidation sites excluding steroid dienone is 1. The van der Waals surface area contributed by atoms with Crippen molar-refractivity contribution in [2.24, 2.45) is 17.3 Å². The van der Waals surface area contributed by atoms with Crippen LogP contribution in [0.4, 0.5) is 8.78 Å². The van der Waals surface area contributed by atoms with Gasteiger partial charge in [-0.2, -0.15) is 5.26 Å². The lowest BCUT2D eigenvalue weighted by atomic mass is 9.91. The molecule has 1 fully saturated rings. The fraction of sp³-hybridized carbons (Fsp3) is 0.286. The maximum absolute atomic E-state index is 14.1. The summed E-state index contributed by atoms with van der Waals surface area (Å²) in [6, 6.07) is 15.7.